The summed E-state index contributed by atoms with van der Waals surface area (Å²) in [5.74, 6) is 0.753. The number of aromatic amines is 1. The first-order valence-corrected chi connectivity index (χ1v) is 6.66. The van der Waals surface area contributed by atoms with Crippen LogP contribution in [-0.2, 0) is 0 Å². The highest BCUT2D eigenvalue weighted by molar-refractivity contribution is 5.98. The highest BCUT2D eigenvalue weighted by Crippen LogP contribution is 2.34. The summed E-state index contributed by atoms with van der Waals surface area (Å²) in [6.45, 7) is 2.19. The van der Waals surface area contributed by atoms with E-state index in [4.69, 9.17) is 0 Å². The smallest absolute Gasteiger partial charge is 0.251 e. The number of aromatic nitrogens is 1. The molecule has 18 heavy (non-hydrogen) atoms. The van der Waals surface area contributed by atoms with Gasteiger partial charge in [-0.05, 0) is 42.3 Å². The van der Waals surface area contributed by atoms with Gasteiger partial charge >= 0.3 is 0 Å². The Kier molecular flexibility index (Phi) is 2.82. The molecule has 2 atom stereocenters. The molecule has 1 aromatic heterocycles. The zero-order valence-electron chi connectivity index (χ0n) is 10.6. The van der Waals surface area contributed by atoms with Gasteiger partial charge in [0.25, 0.3) is 5.91 Å². The molecule has 1 aliphatic rings. The van der Waals surface area contributed by atoms with E-state index in [1.807, 2.05) is 30.5 Å². The van der Waals surface area contributed by atoms with E-state index < -0.39 is 0 Å². The topological polar surface area (TPSA) is 44.9 Å². The Morgan fingerprint density at radius 3 is 3.17 bits per heavy atom. The number of fused-ring (bicyclic) bond motifs is 1. The third kappa shape index (κ3) is 2.13. The minimum absolute atomic E-state index is 0.0510. The SMILES string of the molecule is CCCC1CC1NC(=O)c1ccc2cc[nH]c2c1. The molecular weight excluding hydrogens is 224 g/mol. The van der Waals surface area contributed by atoms with Gasteiger partial charge in [-0.3, -0.25) is 4.79 Å². The Balaban J connectivity index is 1.68. The van der Waals surface area contributed by atoms with Crippen LogP contribution in [0.3, 0.4) is 0 Å². The first-order valence-electron chi connectivity index (χ1n) is 6.66. The maximum Gasteiger partial charge on any atom is 0.251 e. The molecule has 0 saturated heterocycles. The van der Waals surface area contributed by atoms with Crippen LogP contribution in [-0.4, -0.2) is 16.9 Å². The average Bonchev–Trinajstić information content (AvgIpc) is 2.92. The molecule has 1 amide bonds. The van der Waals surface area contributed by atoms with Crippen LogP contribution in [0.15, 0.2) is 30.5 Å². The Morgan fingerprint density at radius 1 is 1.44 bits per heavy atom. The minimum atomic E-state index is 0.0510. The predicted molar refractivity (Wildman–Crippen MR) is 72.6 cm³/mol. The quantitative estimate of drug-likeness (QED) is 0.850. The van der Waals surface area contributed by atoms with E-state index in [2.05, 4.69) is 17.2 Å². The highest BCUT2D eigenvalue weighted by Gasteiger charge is 2.37. The lowest BCUT2D eigenvalue weighted by Gasteiger charge is -2.04. The van der Waals surface area contributed by atoms with Crippen molar-refractivity contribution >= 4 is 16.8 Å². The van der Waals surface area contributed by atoms with Crippen molar-refractivity contribution in [3.05, 3.63) is 36.0 Å². The van der Waals surface area contributed by atoms with Crippen molar-refractivity contribution < 1.29 is 4.79 Å². The lowest BCUT2D eigenvalue weighted by atomic mass is 10.1. The number of nitrogens with one attached hydrogen (secondary N) is 2. The zero-order valence-corrected chi connectivity index (χ0v) is 10.6. The van der Waals surface area contributed by atoms with Crippen LogP contribution >= 0.6 is 0 Å². The minimum Gasteiger partial charge on any atom is -0.361 e. The van der Waals surface area contributed by atoms with Gasteiger partial charge in [0.05, 0.1) is 0 Å². The van der Waals surface area contributed by atoms with Crippen molar-refractivity contribution in [2.24, 2.45) is 5.92 Å². The van der Waals surface area contributed by atoms with Gasteiger partial charge in [-0.2, -0.15) is 0 Å². The Morgan fingerprint density at radius 2 is 2.33 bits per heavy atom. The molecular formula is C15H18N2O. The molecule has 0 spiro atoms. The van der Waals surface area contributed by atoms with Crippen LogP contribution in [0, 0.1) is 5.92 Å². The number of amides is 1. The molecule has 1 aliphatic carbocycles. The number of hydrogen-bond donors (Lipinski definition) is 2. The normalized spacial score (nSPS) is 22.1. The molecule has 1 fully saturated rings. The maximum atomic E-state index is 12.1. The summed E-state index contributed by atoms with van der Waals surface area (Å²) < 4.78 is 0. The number of hydrogen-bond acceptors (Lipinski definition) is 1. The fourth-order valence-corrected chi connectivity index (χ4v) is 2.56. The molecule has 2 aromatic rings. The van der Waals surface area contributed by atoms with E-state index >= 15 is 0 Å². The maximum absolute atomic E-state index is 12.1. The number of rotatable bonds is 4. The van der Waals surface area contributed by atoms with Crippen molar-refractivity contribution in [1.29, 1.82) is 0 Å². The third-order valence-electron chi connectivity index (χ3n) is 3.72. The third-order valence-corrected chi connectivity index (χ3v) is 3.72. The Labute approximate surface area is 107 Å². The number of carbonyl (C=O) groups is 1. The van der Waals surface area contributed by atoms with E-state index in [0.29, 0.717) is 12.0 Å². The molecule has 2 unspecified atom stereocenters. The summed E-state index contributed by atoms with van der Waals surface area (Å²) in [5, 5.41) is 4.25. The fraction of sp³-hybridized carbons (Fsp3) is 0.400. The first-order chi connectivity index (χ1) is 8.78. The lowest BCUT2D eigenvalue weighted by molar-refractivity contribution is 0.0949. The molecule has 0 bridgehead atoms. The van der Waals surface area contributed by atoms with Gasteiger partial charge in [0, 0.05) is 23.3 Å². The van der Waals surface area contributed by atoms with Crippen LogP contribution in [0.5, 0.6) is 0 Å². The van der Waals surface area contributed by atoms with E-state index in [0.717, 1.165) is 22.9 Å². The van der Waals surface area contributed by atoms with Gasteiger partial charge in [0.2, 0.25) is 0 Å². The van der Waals surface area contributed by atoms with Crippen molar-refractivity contribution in [3.8, 4) is 0 Å². The summed E-state index contributed by atoms with van der Waals surface area (Å²) >= 11 is 0. The second-order valence-corrected chi connectivity index (χ2v) is 5.14. The summed E-state index contributed by atoms with van der Waals surface area (Å²) in [5.41, 5.74) is 1.76. The van der Waals surface area contributed by atoms with E-state index in [-0.39, 0.29) is 5.91 Å². The first kappa shape index (κ1) is 11.3. The van der Waals surface area contributed by atoms with Gasteiger partial charge in [-0.1, -0.05) is 19.4 Å². The molecule has 94 valence electrons. The van der Waals surface area contributed by atoms with E-state index in [1.165, 1.54) is 12.8 Å². The number of carbonyl (C=O) groups excluding carboxylic acids is 1. The Hall–Kier alpha value is -1.77. The van der Waals surface area contributed by atoms with Gasteiger partial charge in [0.15, 0.2) is 0 Å². The molecule has 1 aromatic carbocycles. The summed E-state index contributed by atoms with van der Waals surface area (Å²) in [6.07, 6.45) is 5.46. The second-order valence-electron chi connectivity index (χ2n) is 5.14. The van der Waals surface area contributed by atoms with Gasteiger partial charge < -0.3 is 10.3 Å². The summed E-state index contributed by atoms with van der Waals surface area (Å²) in [4.78, 5) is 15.2. The molecule has 0 aliphatic heterocycles. The number of benzene rings is 1. The fourth-order valence-electron chi connectivity index (χ4n) is 2.56. The summed E-state index contributed by atoms with van der Waals surface area (Å²) in [7, 11) is 0. The van der Waals surface area contributed by atoms with Crippen LogP contribution < -0.4 is 5.32 Å². The van der Waals surface area contributed by atoms with Crippen molar-refractivity contribution in [2.45, 2.75) is 32.2 Å². The van der Waals surface area contributed by atoms with E-state index in [1.54, 1.807) is 0 Å². The van der Waals surface area contributed by atoms with E-state index in [9.17, 15) is 4.79 Å². The van der Waals surface area contributed by atoms with Crippen LogP contribution in [0.25, 0.3) is 10.9 Å². The van der Waals surface area contributed by atoms with Crippen molar-refractivity contribution in [2.75, 3.05) is 0 Å². The molecule has 3 heteroatoms. The van der Waals surface area contributed by atoms with Crippen LogP contribution in [0.2, 0.25) is 0 Å². The predicted octanol–water partition coefficient (Wildman–Crippen LogP) is 3.09. The molecule has 1 saturated carbocycles. The number of H-pyrrole nitrogens is 1. The molecule has 3 rings (SSSR count). The highest BCUT2D eigenvalue weighted by atomic mass is 16.1. The molecule has 1 heterocycles. The lowest BCUT2D eigenvalue weighted by Crippen LogP contribution is -2.26. The summed E-state index contributed by atoms with van der Waals surface area (Å²) in [6, 6.07) is 8.20. The van der Waals surface area contributed by atoms with Gasteiger partial charge in [0.1, 0.15) is 0 Å². The standard InChI is InChI=1S/C15H18N2O/c1-2-3-11-8-14(11)17-15(18)12-5-4-10-6-7-16-13(10)9-12/h4-7,9,11,14,16H,2-3,8H2,1H3,(H,17,18). The van der Waals surface area contributed by atoms with Crippen molar-refractivity contribution in [3.63, 3.8) is 0 Å². The average molecular weight is 242 g/mol. The molecule has 2 N–H and O–H groups in total. The van der Waals surface area contributed by atoms with Gasteiger partial charge in [-0.15, -0.1) is 0 Å². The monoisotopic (exact) mass is 242 g/mol. The van der Waals surface area contributed by atoms with Gasteiger partial charge in [-0.25, -0.2) is 0 Å². The molecule has 0 radical (unpaired) electrons. The molecule has 3 nitrogen and oxygen atoms in total. The van der Waals surface area contributed by atoms with Crippen LogP contribution in [0.1, 0.15) is 36.5 Å². The van der Waals surface area contributed by atoms with Crippen molar-refractivity contribution in [1.82, 2.24) is 10.3 Å². The largest absolute Gasteiger partial charge is 0.361 e. The Bertz CT molecular complexity index is 573. The zero-order chi connectivity index (χ0) is 12.5. The second kappa shape index (κ2) is 4.48. The van der Waals surface area contributed by atoms with Crippen LogP contribution in [0.4, 0.5) is 0 Å².